The molecule has 4 heteroatoms. The molecule has 2 aromatic carbocycles. The molecule has 0 aliphatic carbocycles. The topological polar surface area (TPSA) is 48.1 Å². The summed E-state index contributed by atoms with van der Waals surface area (Å²) in [6, 6.07) is 13.9. The van der Waals surface area contributed by atoms with E-state index in [1.54, 1.807) is 18.4 Å². The van der Waals surface area contributed by atoms with Gasteiger partial charge in [-0.25, -0.2) is 4.98 Å². The Morgan fingerprint density at radius 3 is 2.45 bits per heavy atom. The molecule has 0 spiro atoms. The average molecular weight is 282 g/mol. The molecule has 0 fully saturated rings. The predicted octanol–water partition coefficient (Wildman–Crippen LogP) is 4.07. The number of methoxy groups -OCH3 is 1. The zero-order valence-corrected chi connectivity index (χ0v) is 11.9. The summed E-state index contributed by atoms with van der Waals surface area (Å²) < 4.78 is 5.45. The number of nitrogens with zero attached hydrogens (tertiary/aromatic N) is 1. The van der Waals surface area contributed by atoms with Crippen LogP contribution in [0.4, 0.5) is 5.69 Å². The summed E-state index contributed by atoms with van der Waals surface area (Å²) in [6.45, 7) is 0. The maximum atomic E-state index is 5.74. The normalized spacial score (nSPS) is 10.4. The molecule has 0 saturated heterocycles. The van der Waals surface area contributed by atoms with Crippen molar-refractivity contribution in [3.63, 3.8) is 0 Å². The predicted molar refractivity (Wildman–Crippen MR) is 84.0 cm³/mol. The second-order valence-corrected chi connectivity index (χ2v) is 5.27. The molecule has 0 aliphatic rings. The SMILES string of the molecule is COc1ccc(-c2nccs2)cc1-c1ccc(N)cc1. The summed E-state index contributed by atoms with van der Waals surface area (Å²) >= 11 is 1.62. The standard InChI is InChI=1S/C16H14N2OS/c1-19-15-7-4-12(16-18-8-9-20-16)10-14(15)11-2-5-13(17)6-3-11/h2-10H,17H2,1H3. The van der Waals surface area contributed by atoms with Crippen LogP contribution in [-0.2, 0) is 0 Å². The van der Waals surface area contributed by atoms with E-state index < -0.39 is 0 Å². The molecule has 1 aromatic heterocycles. The Balaban J connectivity index is 2.12. The maximum absolute atomic E-state index is 5.74. The van der Waals surface area contributed by atoms with Gasteiger partial charge in [0.25, 0.3) is 0 Å². The number of anilines is 1. The van der Waals surface area contributed by atoms with Gasteiger partial charge in [0.15, 0.2) is 0 Å². The van der Waals surface area contributed by atoms with Crippen molar-refractivity contribution >= 4 is 17.0 Å². The highest BCUT2D eigenvalue weighted by Gasteiger charge is 2.09. The van der Waals surface area contributed by atoms with Crippen LogP contribution in [0.2, 0.25) is 0 Å². The number of rotatable bonds is 3. The zero-order chi connectivity index (χ0) is 13.9. The van der Waals surface area contributed by atoms with E-state index in [2.05, 4.69) is 11.1 Å². The summed E-state index contributed by atoms with van der Waals surface area (Å²) in [5, 5.41) is 2.98. The molecule has 3 nitrogen and oxygen atoms in total. The number of ether oxygens (including phenoxy) is 1. The third-order valence-corrected chi connectivity index (χ3v) is 3.92. The minimum absolute atomic E-state index is 0.754. The molecule has 0 amide bonds. The molecular weight excluding hydrogens is 268 g/mol. The number of hydrogen-bond acceptors (Lipinski definition) is 4. The highest BCUT2D eigenvalue weighted by Crippen LogP contribution is 2.35. The van der Waals surface area contributed by atoms with Crippen LogP contribution in [0.3, 0.4) is 0 Å². The fourth-order valence-corrected chi connectivity index (χ4v) is 2.73. The monoisotopic (exact) mass is 282 g/mol. The number of nitrogens with two attached hydrogens (primary N) is 1. The fourth-order valence-electron chi connectivity index (χ4n) is 2.10. The molecule has 20 heavy (non-hydrogen) atoms. The molecule has 100 valence electrons. The number of thiazole rings is 1. The van der Waals surface area contributed by atoms with Crippen molar-refractivity contribution in [1.29, 1.82) is 0 Å². The van der Waals surface area contributed by atoms with Crippen molar-refractivity contribution in [2.45, 2.75) is 0 Å². The van der Waals surface area contributed by atoms with Crippen LogP contribution in [0.25, 0.3) is 21.7 Å². The smallest absolute Gasteiger partial charge is 0.126 e. The van der Waals surface area contributed by atoms with Crippen LogP contribution in [0.15, 0.2) is 54.0 Å². The highest BCUT2D eigenvalue weighted by atomic mass is 32.1. The molecule has 2 N–H and O–H groups in total. The lowest BCUT2D eigenvalue weighted by atomic mass is 10.0. The first-order chi connectivity index (χ1) is 9.78. The van der Waals surface area contributed by atoms with Crippen molar-refractivity contribution in [2.24, 2.45) is 0 Å². The third kappa shape index (κ3) is 2.38. The van der Waals surface area contributed by atoms with Gasteiger partial charge >= 0.3 is 0 Å². The molecule has 0 saturated carbocycles. The van der Waals surface area contributed by atoms with Crippen LogP contribution in [0.1, 0.15) is 0 Å². The molecule has 0 unspecified atom stereocenters. The van der Waals surface area contributed by atoms with E-state index >= 15 is 0 Å². The summed E-state index contributed by atoms with van der Waals surface area (Å²) in [5.41, 5.74) is 9.71. The minimum atomic E-state index is 0.754. The lowest BCUT2D eigenvalue weighted by Crippen LogP contribution is -1.90. The van der Waals surface area contributed by atoms with E-state index in [-0.39, 0.29) is 0 Å². The second-order valence-electron chi connectivity index (χ2n) is 4.37. The quantitative estimate of drug-likeness (QED) is 0.737. The largest absolute Gasteiger partial charge is 0.496 e. The fraction of sp³-hybridized carbons (Fsp3) is 0.0625. The number of hydrogen-bond donors (Lipinski definition) is 1. The van der Waals surface area contributed by atoms with Gasteiger partial charge < -0.3 is 10.5 Å². The van der Waals surface area contributed by atoms with E-state index in [0.29, 0.717) is 0 Å². The van der Waals surface area contributed by atoms with E-state index in [1.165, 1.54) is 0 Å². The van der Waals surface area contributed by atoms with E-state index in [4.69, 9.17) is 10.5 Å². The Morgan fingerprint density at radius 2 is 1.80 bits per heavy atom. The van der Waals surface area contributed by atoms with Crippen molar-refractivity contribution < 1.29 is 4.74 Å². The highest BCUT2D eigenvalue weighted by molar-refractivity contribution is 7.13. The van der Waals surface area contributed by atoms with Crippen molar-refractivity contribution in [2.75, 3.05) is 12.8 Å². The van der Waals surface area contributed by atoms with E-state index in [1.807, 2.05) is 48.0 Å². The summed E-state index contributed by atoms with van der Waals surface area (Å²) in [5.74, 6) is 0.843. The Hall–Kier alpha value is -2.33. The van der Waals surface area contributed by atoms with Gasteiger partial charge in [0.2, 0.25) is 0 Å². The van der Waals surface area contributed by atoms with Crippen LogP contribution in [-0.4, -0.2) is 12.1 Å². The van der Waals surface area contributed by atoms with Gasteiger partial charge in [-0.2, -0.15) is 0 Å². The Kier molecular flexibility index (Phi) is 3.39. The molecular formula is C16H14N2OS. The molecule has 0 radical (unpaired) electrons. The number of benzene rings is 2. The van der Waals surface area contributed by atoms with Crippen LogP contribution in [0, 0.1) is 0 Å². The van der Waals surface area contributed by atoms with Gasteiger partial charge in [-0.3, -0.25) is 0 Å². The molecule has 3 aromatic rings. The maximum Gasteiger partial charge on any atom is 0.126 e. The van der Waals surface area contributed by atoms with Crippen LogP contribution < -0.4 is 10.5 Å². The van der Waals surface area contributed by atoms with E-state index in [9.17, 15) is 0 Å². The van der Waals surface area contributed by atoms with Crippen molar-refractivity contribution in [3.05, 3.63) is 54.0 Å². The first kappa shape index (κ1) is 12.7. The summed E-state index contributed by atoms with van der Waals surface area (Å²) in [4.78, 5) is 4.35. The summed E-state index contributed by atoms with van der Waals surface area (Å²) in [7, 11) is 1.68. The first-order valence-corrected chi connectivity index (χ1v) is 7.10. The third-order valence-electron chi connectivity index (χ3n) is 3.10. The zero-order valence-electron chi connectivity index (χ0n) is 11.0. The molecule has 1 heterocycles. The molecule has 3 rings (SSSR count). The van der Waals surface area contributed by atoms with Gasteiger partial charge in [-0.05, 0) is 35.9 Å². The van der Waals surface area contributed by atoms with Gasteiger partial charge in [0, 0.05) is 28.4 Å². The lowest BCUT2D eigenvalue weighted by Gasteiger charge is -2.10. The Morgan fingerprint density at radius 1 is 1.05 bits per heavy atom. The van der Waals surface area contributed by atoms with Crippen LogP contribution >= 0.6 is 11.3 Å². The lowest BCUT2D eigenvalue weighted by molar-refractivity contribution is 0.416. The number of nitrogen functional groups attached to an aromatic ring is 1. The second kappa shape index (κ2) is 5.35. The summed E-state index contributed by atoms with van der Waals surface area (Å²) in [6.07, 6.45) is 1.81. The average Bonchev–Trinajstić information content (AvgIpc) is 3.02. The van der Waals surface area contributed by atoms with Gasteiger partial charge in [-0.1, -0.05) is 12.1 Å². The molecule has 0 bridgehead atoms. The Labute approximate surface area is 121 Å². The first-order valence-electron chi connectivity index (χ1n) is 6.22. The minimum Gasteiger partial charge on any atom is -0.496 e. The molecule has 0 atom stereocenters. The van der Waals surface area contributed by atoms with Gasteiger partial charge in [0.1, 0.15) is 10.8 Å². The Bertz CT molecular complexity index is 706. The van der Waals surface area contributed by atoms with Gasteiger partial charge in [0.05, 0.1) is 7.11 Å². The van der Waals surface area contributed by atoms with Crippen molar-refractivity contribution in [1.82, 2.24) is 4.98 Å². The molecule has 0 aliphatic heterocycles. The van der Waals surface area contributed by atoms with Crippen LogP contribution in [0.5, 0.6) is 5.75 Å². The van der Waals surface area contributed by atoms with E-state index in [0.717, 1.165) is 33.1 Å². The number of aromatic nitrogens is 1. The van der Waals surface area contributed by atoms with Crippen molar-refractivity contribution in [3.8, 4) is 27.4 Å². The van der Waals surface area contributed by atoms with Gasteiger partial charge in [-0.15, -0.1) is 11.3 Å².